The molecular formula is C19H26N2O3. The highest BCUT2D eigenvalue weighted by Crippen LogP contribution is 2.45. The SMILES string of the molecule is CC1(C)NC(=O)C(C)(C2CC2)N(CCOCc2ccccc2)C1=O. The minimum absolute atomic E-state index is 0.0280. The van der Waals surface area contributed by atoms with Crippen molar-refractivity contribution >= 4 is 11.8 Å². The Hall–Kier alpha value is -1.88. The molecular weight excluding hydrogens is 304 g/mol. The molecule has 0 bridgehead atoms. The topological polar surface area (TPSA) is 58.6 Å². The number of benzene rings is 1. The molecule has 2 aliphatic rings. The third-order valence-corrected chi connectivity index (χ3v) is 5.17. The first-order valence-electron chi connectivity index (χ1n) is 8.62. The van der Waals surface area contributed by atoms with E-state index in [2.05, 4.69) is 5.32 Å². The molecule has 5 heteroatoms. The molecule has 1 aliphatic heterocycles. The molecule has 0 spiro atoms. The van der Waals surface area contributed by atoms with Gasteiger partial charge in [-0.1, -0.05) is 30.3 Å². The Morgan fingerprint density at radius 2 is 1.83 bits per heavy atom. The summed E-state index contributed by atoms with van der Waals surface area (Å²) in [5, 5.41) is 2.89. The molecule has 1 heterocycles. The van der Waals surface area contributed by atoms with E-state index in [1.807, 2.05) is 37.3 Å². The lowest BCUT2D eigenvalue weighted by Gasteiger charge is -2.49. The predicted octanol–water partition coefficient (Wildman–Crippen LogP) is 2.11. The third-order valence-electron chi connectivity index (χ3n) is 5.17. The Morgan fingerprint density at radius 1 is 1.17 bits per heavy atom. The second-order valence-electron chi connectivity index (χ2n) is 7.50. The van der Waals surface area contributed by atoms with E-state index in [-0.39, 0.29) is 17.7 Å². The maximum absolute atomic E-state index is 12.9. The van der Waals surface area contributed by atoms with E-state index in [9.17, 15) is 9.59 Å². The van der Waals surface area contributed by atoms with Crippen LogP contribution in [0, 0.1) is 5.92 Å². The van der Waals surface area contributed by atoms with Gasteiger partial charge >= 0.3 is 0 Å². The molecule has 1 saturated heterocycles. The molecule has 1 unspecified atom stereocenters. The molecule has 0 radical (unpaired) electrons. The Balaban J connectivity index is 1.66. The van der Waals surface area contributed by atoms with Crippen molar-refractivity contribution in [2.45, 2.75) is 51.3 Å². The zero-order valence-electron chi connectivity index (χ0n) is 14.7. The second-order valence-corrected chi connectivity index (χ2v) is 7.50. The van der Waals surface area contributed by atoms with E-state index in [0.717, 1.165) is 18.4 Å². The summed E-state index contributed by atoms with van der Waals surface area (Å²) in [6.45, 7) is 6.79. The van der Waals surface area contributed by atoms with Gasteiger partial charge in [-0.05, 0) is 45.1 Å². The van der Waals surface area contributed by atoms with Gasteiger partial charge in [0.2, 0.25) is 11.8 Å². The molecule has 3 rings (SSSR count). The largest absolute Gasteiger partial charge is 0.375 e. The zero-order chi connectivity index (χ0) is 17.4. The first kappa shape index (κ1) is 17.0. The van der Waals surface area contributed by atoms with E-state index in [1.54, 1.807) is 18.7 Å². The molecule has 1 atom stereocenters. The monoisotopic (exact) mass is 330 g/mol. The minimum atomic E-state index is -0.856. The van der Waals surface area contributed by atoms with Gasteiger partial charge < -0.3 is 15.0 Å². The number of carbonyl (C=O) groups is 2. The van der Waals surface area contributed by atoms with Crippen molar-refractivity contribution < 1.29 is 14.3 Å². The van der Waals surface area contributed by atoms with Crippen molar-refractivity contribution in [2.24, 2.45) is 5.92 Å². The Labute approximate surface area is 143 Å². The van der Waals surface area contributed by atoms with Crippen molar-refractivity contribution in [3.63, 3.8) is 0 Å². The van der Waals surface area contributed by atoms with Crippen molar-refractivity contribution in [1.82, 2.24) is 10.2 Å². The number of carbonyl (C=O) groups excluding carboxylic acids is 2. The predicted molar refractivity (Wildman–Crippen MR) is 91.2 cm³/mol. The van der Waals surface area contributed by atoms with Gasteiger partial charge in [0, 0.05) is 6.54 Å². The highest BCUT2D eigenvalue weighted by atomic mass is 16.5. The van der Waals surface area contributed by atoms with E-state index in [4.69, 9.17) is 4.74 Å². The van der Waals surface area contributed by atoms with Crippen LogP contribution in [0.5, 0.6) is 0 Å². The first-order chi connectivity index (χ1) is 11.4. The number of piperazine rings is 1. The Morgan fingerprint density at radius 3 is 2.46 bits per heavy atom. The zero-order valence-corrected chi connectivity index (χ0v) is 14.7. The lowest BCUT2D eigenvalue weighted by atomic mass is 9.84. The van der Waals surface area contributed by atoms with Gasteiger partial charge in [-0.3, -0.25) is 9.59 Å². The van der Waals surface area contributed by atoms with Crippen molar-refractivity contribution in [3.8, 4) is 0 Å². The van der Waals surface area contributed by atoms with Crippen LogP contribution in [0.15, 0.2) is 30.3 Å². The highest BCUT2D eigenvalue weighted by molar-refractivity contribution is 6.02. The summed E-state index contributed by atoms with van der Waals surface area (Å²) in [4.78, 5) is 27.3. The summed E-state index contributed by atoms with van der Waals surface area (Å²) in [5.74, 6) is 0.184. The number of ether oxygens (including phenoxy) is 1. The number of rotatable bonds is 6. The van der Waals surface area contributed by atoms with Gasteiger partial charge in [-0.2, -0.15) is 0 Å². The Bertz CT molecular complexity index is 625. The van der Waals surface area contributed by atoms with E-state index in [1.165, 1.54) is 0 Å². The summed E-state index contributed by atoms with van der Waals surface area (Å²) >= 11 is 0. The fourth-order valence-corrected chi connectivity index (χ4v) is 3.44. The number of hydrogen-bond acceptors (Lipinski definition) is 3. The lowest BCUT2D eigenvalue weighted by molar-refractivity contribution is -0.163. The van der Waals surface area contributed by atoms with Crippen LogP contribution in [0.3, 0.4) is 0 Å². The molecule has 2 amide bonds. The van der Waals surface area contributed by atoms with Crippen LogP contribution in [0.2, 0.25) is 0 Å². The molecule has 1 saturated carbocycles. The van der Waals surface area contributed by atoms with E-state index >= 15 is 0 Å². The standard InChI is InChI=1S/C19H26N2O3/c1-18(2)17(23)21(19(3,15-9-10-15)16(22)20-18)11-12-24-13-14-7-5-4-6-8-14/h4-8,15H,9-13H2,1-3H3,(H,20,22). The van der Waals surface area contributed by atoms with Crippen LogP contribution in [-0.4, -0.2) is 40.9 Å². The van der Waals surface area contributed by atoms with E-state index in [0.29, 0.717) is 19.8 Å². The van der Waals surface area contributed by atoms with Gasteiger partial charge in [-0.15, -0.1) is 0 Å². The molecule has 2 fully saturated rings. The molecule has 0 aromatic heterocycles. The fraction of sp³-hybridized carbons (Fsp3) is 0.579. The highest BCUT2D eigenvalue weighted by Gasteiger charge is 2.58. The van der Waals surface area contributed by atoms with E-state index < -0.39 is 11.1 Å². The number of hydrogen-bond donors (Lipinski definition) is 1. The van der Waals surface area contributed by atoms with Gasteiger partial charge in [0.25, 0.3) is 0 Å². The molecule has 1 aromatic rings. The summed E-state index contributed by atoms with van der Waals surface area (Å²) in [6.07, 6.45) is 2.00. The van der Waals surface area contributed by atoms with Crippen LogP contribution < -0.4 is 5.32 Å². The van der Waals surface area contributed by atoms with Crippen molar-refractivity contribution in [3.05, 3.63) is 35.9 Å². The molecule has 5 nitrogen and oxygen atoms in total. The minimum Gasteiger partial charge on any atom is -0.375 e. The van der Waals surface area contributed by atoms with Crippen LogP contribution in [0.25, 0.3) is 0 Å². The maximum atomic E-state index is 12.9. The number of nitrogens with one attached hydrogen (secondary N) is 1. The Kier molecular flexibility index (Phi) is 4.38. The summed E-state index contributed by atoms with van der Waals surface area (Å²) in [5.41, 5.74) is -0.501. The van der Waals surface area contributed by atoms with Gasteiger partial charge in [0.15, 0.2) is 0 Å². The average molecular weight is 330 g/mol. The van der Waals surface area contributed by atoms with Crippen LogP contribution >= 0.6 is 0 Å². The fourth-order valence-electron chi connectivity index (χ4n) is 3.44. The molecule has 130 valence electrons. The summed E-state index contributed by atoms with van der Waals surface area (Å²) in [7, 11) is 0. The molecule has 1 N–H and O–H groups in total. The lowest BCUT2D eigenvalue weighted by Crippen LogP contribution is -2.74. The van der Waals surface area contributed by atoms with Gasteiger partial charge in [0.05, 0.1) is 13.2 Å². The molecule has 1 aromatic carbocycles. The molecule has 24 heavy (non-hydrogen) atoms. The van der Waals surface area contributed by atoms with Crippen LogP contribution in [0.4, 0.5) is 0 Å². The normalized spacial score (nSPS) is 26.4. The van der Waals surface area contributed by atoms with Crippen molar-refractivity contribution in [2.75, 3.05) is 13.2 Å². The number of nitrogens with zero attached hydrogens (tertiary/aromatic N) is 1. The molecule has 1 aliphatic carbocycles. The van der Waals surface area contributed by atoms with Crippen molar-refractivity contribution in [1.29, 1.82) is 0 Å². The second kappa shape index (κ2) is 6.20. The summed E-state index contributed by atoms with van der Waals surface area (Å²) in [6, 6.07) is 9.94. The van der Waals surface area contributed by atoms with Crippen LogP contribution in [-0.2, 0) is 20.9 Å². The third kappa shape index (κ3) is 3.05. The van der Waals surface area contributed by atoms with Gasteiger partial charge in [0.1, 0.15) is 11.1 Å². The number of amides is 2. The smallest absolute Gasteiger partial charge is 0.248 e. The maximum Gasteiger partial charge on any atom is 0.248 e. The average Bonchev–Trinajstić information content (AvgIpc) is 3.38. The van der Waals surface area contributed by atoms with Crippen LogP contribution in [0.1, 0.15) is 39.2 Å². The quantitative estimate of drug-likeness (QED) is 0.813. The first-order valence-corrected chi connectivity index (χ1v) is 8.62. The van der Waals surface area contributed by atoms with Gasteiger partial charge in [-0.25, -0.2) is 0 Å². The summed E-state index contributed by atoms with van der Waals surface area (Å²) < 4.78 is 5.74.